The van der Waals surface area contributed by atoms with Gasteiger partial charge in [-0.3, -0.25) is 28.9 Å². The summed E-state index contributed by atoms with van der Waals surface area (Å²) in [5.74, 6) is -2.88. The van der Waals surface area contributed by atoms with Crippen molar-refractivity contribution in [2.45, 2.75) is 156 Å². The fraction of sp³-hybridized carbons (Fsp3) is 0.673. The van der Waals surface area contributed by atoms with Crippen LogP contribution >= 0.6 is 0 Å². The number of carboxylic acid groups (broad SMARTS) is 1. The molecule has 15 heteroatoms. The molecule has 0 aromatic heterocycles. The number of aliphatic carboxylic acids is 1. The van der Waals surface area contributed by atoms with Gasteiger partial charge in [0.1, 0.15) is 0 Å². The number of carbonyl (C=O) groups excluding carboxylic acids is 5. The van der Waals surface area contributed by atoms with Crippen molar-refractivity contribution in [2.75, 3.05) is 48.1 Å². The second-order valence-electron chi connectivity index (χ2n) is 20.2. The van der Waals surface area contributed by atoms with E-state index in [-0.39, 0.29) is 91.2 Å². The molecule has 1 saturated heterocycles. The molecule has 0 saturated carbocycles. The summed E-state index contributed by atoms with van der Waals surface area (Å²) in [5.41, 5.74) is 2.37. The Kier molecular flexibility index (Phi) is 25.8. The van der Waals surface area contributed by atoms with Gasteiger partial charge in [0.05, 0.1) is 74.6 Å². The molecule has 1 aliphatic heterocycles. The molecular weight excluding hydrogens is 893 g/mol. The fourth-order valence-corrected chi connectivity index (χ4v) is 10.0. The SMILES string of the molecule is CC[C@H](C)C(CCC(C)C(=O)[C@@H](NC(=O)[C@H](C(C)C)N(C)CCCC(=O)O)C(C)C)[C@@H](CC(=O)N1CCC[C@H]1[C@H](OC)[C@@H](C)C(=O)N[C@H](COCc1ccc(C(=O)OC)cc1)Cc1ccccc1)OC. The van der Waals surface area contributed by atoms with Crippen molar-refractivity contribution in [3.63, 3.8) is 0 Å². The average molecular weight is 979 g/mol. The topological polar surface area (TPSA) is 190 Å². The molecule has 2 unspecified atom stereocenters. The van der Waals surface area contributed by atoms with Gasteiger partial charge in [-0.1, -0.05) is 104 Å². The number of ether oxygens (including phenoxy) is 4. The van der Waals surface area contributed by atoms with Crippen LogP contribution in [0.4, 0.5) is 0 Å². The minimum absolute atomic E-state index is 0.0138. The first-order valence-corrected chi connectivity index (χ1v) is 25.5. The molecule has 1 aliphatic rings. The standard InChI is InChI=1S/C55H86N4O11/c1-13-37(6)44(28-23-38(7)51(63)49(35(2)3)57-54(65)50(36(4)5)58(9)29-18-22-48(61)62)46(67-10)32-47(60)59-30-17-21-45(59)52(68-11)39(8)53(64)56-43(31-40-19-15-14-16-20-40)34-70-33-41-24-26-42(27-25-41)55(66)69-12/h14-16,19-20,24-27,35-39,43-46,49-50,52H,13,17-18,21-23,28-34H2,1-12H3,(H,56,64)(H,57,65)(H,61,62)/t37-,38?,39+,43-,44?,45-,46+,49-,50-,52+/m0/s1. The summed E-state index contributed by atoms with van der Waals surface area (Å²) in [7, 11) is 6.38. The summed E-state index contributed by atoms with van der Waals surface area (Å²) in [6.07, 6.45) is 3.63. The van der Waals surface area contributed by atoms with E-state index >= 15 is 0 Å². The lowest BCUT2D eigenvalue weighted by Gasteiger charge is -2.36. The largest absolute Gasteiger partial charge is 0.481 e. The molecule has 3 rings (SSSR count). The summed E-state index contributed by atoms with van der Waals surface area (Å²) in [4.78, 5) is 83.2. The third kappa shape index (κ3) is 18.2. The van der Waals surface area contributed by atoms with E-state index in [9.17, 15) is 28.8 Å². The summed E-state index contributed by atoms with van der Waals surface area (Å²) in [5, 5.41) is 15.4. The second-order valence-corrected chi connectivity index (χ2v) is 20.2. The Morgan fingerprint density at radius 1 is 0.829 bits per heavy atom. The van der Waals surface area contributed by atoms with Crippen LogP contribution in [0.2, 0.25) is 0 Å². The van der Waals surface area contributed by atoms with Gasteiger partial charge in [-0.25, -0.2) is 4.79 Å². The van der Waals surface area contributed by atoms with Crippen LogP contribution in [-0.2, 0) is 55.9 Å². The van der Waals surface area contributed by atoms with Crippen LogP contribution < -0.4 is 10.6 Å². The van der Waals surface area contributed by atoms with Gasteiger partial charge in [-0.15, -0.1) is 0 Å². The van der Waals surface area contributed by atoms with Crippen LogP contribution in [0, 0.1) is 35.5 Å². The summed E-state index contributed by atoms with van der Waals surface area (Å²) in [6, 6.07) is 15.0. The number of hydrogen-bond donors (Lipinski definition) is 3. The minimum atomic E-state index is -0.880. The van der Waals surface area contributed by atoms with Crippen LogP contribution in [0.1, 0.15) is 128 Å². The van der Waals surface area contributed by atoms with Crippen molar-refractivity contribution in [3.8, 4) is 0 Å². The number of likely N-dealkylation sites (N-methyl/N-ethyl adjacent to an activating group) is 1. The Hall–Kier alpha value is -4.70. The van der Waals surface area contributed by atoms with Gasteiger partial charge in [0, 0.05) is 33.1 Å². The number of amides is 3. The Labute approximate surface area is 418 Å². The monoisotopic (exact) mass is 979 g/mol. The number of nitrogens with one attached hydrogen (secondary N) is 2. The molecule has 2 aromatic carbocycles. The van der Waals surface area contributed by atoms with Crippen molar-refractivity contribution in [1.82, 2.24) is 20.4 Å². The second kappa shape index (κ2) is 30.2. The van der Waals surface area contributed by atoms with E-state index in [0.29, 0.717) is 50.8 Å². The van der Waals surface area contributed by atoms with Gasteiger partial charge in [-0.05, 0) is 99.0 Å². The molecule has 3 N–H and O–H groups in total. The molecule has 3 amide bonds. The number of benzene rings is 2. The zero-order valence-electron chi connectivity index (χ0n) is 44.2. The van der Waals surface area contributed by atoms with Crippen molar-refractivity contribution >= 4 is 35.4 Å². The Morgan fingerprint density at radius 3 is 2.07 bits per heavy atom. The van der Waals surface area contributed by atoms with Gasteiger partial charge >= 0.3 is 11.9 Å². The number of methoxy groups -OCH3 is 3. The minimum Gasteiger partial charge on any atom is -0.481 e. The molecule has 0 bridgehead atoms. The first-order chi connectivity index (χ1) is 33.3. The predicted octanol–water partition coefficient (Wildman–Crippen LogP) is 7.37. The number of Topliss-reactive ketones (excluding diaryl/α,β-unsaturated/α-hetero) is 1. The maximum absolute atomic E-state index is 14.4. The van der Waals surface area contributed by atoms with Crippen LogP contribution in [0.15, 0.2) is 54.6 Å². The van der Waals surface area contributed by atoms with Crippen molar-refractivity contribution < 1.29 is 52.8 Å². The Bertz CT molecular complexity index is 1930. The van der Waals surface area contributed by atoms with Gasteiger partial charge in [0.25, 0.3) is 0 Å². The smallest absolute Gasteiger partial charge is 0.337 e. The molecule has 70 heavy (non-hydrogen) atoms. The number of nitrogens with zero attached hydrogens (tertiary/aromatic N) is 2. The first-order valence-electron chi connectivity index (χ1n) is 25.5. The van der Waals surface area contributed by atoms with Crippen LogP contribution in [0.3, 0.4) is 0 Å². The third-order valence-electron chi connectivity index (χ3n) is 14.3. The number of carboxylic acids is 1. The Morgan fingerprint density at radius 2 is 1.50 bits per heavy atom. The zero-order valence-corrected chi connectivity index (χ0v) is 44.2. The lowest BCUT2D eigenvalue weighted by atomic mass is 9.79. The van der Waals surface area contributed by atoms with Gasteiger partial charge in [-0.2, -0.15) is 0 Å². The molecule has 1 fully saturated rings. The number of rotatable bonds is 32. The maximum Gasteiger partial charge on any atom is 0.337 e. The van der Waals surface area contributed by atoms with Gasteiger partial charge in [0.15, 0.2) is 5.78 Å². The van der Waals surface area contributed by atoms with E-state index in [1.54, 1.807) is 26.4 Å². The highest BCUT2D eigenvalue weighted by atomic mass is 16.5. The van der Waals surface area contributed by atoms with Crippen LogP contribution in [0.25, 0.3) is 0 Å². The normalized spacial score (nSPS) is 17.8. The van der Waals surface area contributed by atoms with Gasteiger partial charge < -0.3 is 39.6 Å². The zero-order chi connectivity index (χ0) is 52.1. The molecule has 392 valence electrons. The fourth-order valence-electron chi connectivity index (χ4n) is 10.0. The van der Waals surface area contributed by atoms with Crippen LogP contribution in [-0.4, -0.2) is 135 Å². The van der Waals surface area contributed by atoms with Crippen molar-refractivity contribution in [3.05, 3.63) is 71.3 Å². The van der Waals surface area contributed by atoms with Crippen molar-refractivity contribution in [2.24, 2.45) is 35.5 Å². The molecule has 10 atom stereocenters. The summed E-state index contributed by atoms with van der Waals surface area (Å²) >= 11 is 0. The maximum atomic E-state index is 14.4. The summed E-state index contributed by atoms with van der Waals surface area (Å²) < 4.78 is 23.2. The predicted molar refractivity (Wildman–Crippen MR) is 271 cm³/mol. The quantitative estimate of drug-likeness (QED) is 0.0619. The van der Waals surface area contributed by atoms with E-state index in [1.165, 1.54) is 7.11 Å². The van der Waals surface area contributed by atoms with Crippen LogP contribution in [0.5, 0.6) is 0 Å². The molecule has 0 spiro atoms. The number of hydrogen-bond acceptors (Lipinski definition) is 11. The van der Waals surface area contributed by atoms with E-state index in [2.05, 4.69) is 24.5 Å². The molecule has 1 heterocycles. The highest BCUT2D eigenvalue weighted by Gasteiger charge is 2.42. The Balaban J connectivity index is 1.69. The highest BCUT2D eigenvalue weighted by Crippen LogP contribution is 2.33. The number of likely N-dealkylation sites (tertiary alicyclic amines) is 1. The number of esters is 1. The molecule has 15 nitrogen and oxygen atoms in total. The molecule has 0 aliphatic carbocycles. The van der Waals surface area contributed by atoms with E-state index < -0.39 is 42.1 Å². The number of carbonyl (C=O) groups is 6. The molecular formula is C55H86N4O11. The molecule has 0 radical (unpaired) electrons. The highest BCUT2D eigenvalue weighted by molar-refractivity contribution is 5.92. The first kappa shape index (κ1) is 59.6. The van der Waals surface area contributed by atoms with Crippen molar-refractivity contribution in [1.29, 1.82) is 0 Å². The third-order valence-corrected chi connectivity index (χ3v) is 14.3. The lowest BCUT2D eigenvalue weighted by Crippen LogP contribution is -2.55. The van der Waals surface area contributed by atoms with E-state index in [4.69, 9.17) is 24.1 Å². The van der Waals surface area contributed by atoms with E-state index in [0.717, 1.165) is 24.0 Å². The van der Waals surface area contributed by atoms with E-state index in [1.807, 2.05) is 101 Å². The summed E-state index contributed by atoms with van der Waals surface area (Å²) in [6.45, 7) is 17.3. The number of ketones is 1. The lowest BCUT2D eigenvalue weighted by molar-refractivity contribution is -0.143. The average Bonchev–Trinajstić information content (AvgIpc) is 3.82. The molecule has 2 aromatic rings. The van der Waals surface area contributed by atoms with Gasteiger partial charge in [0.2, 0.25) is 17.7 Å².